The van der Waals surface area contributed by atoms with Crippen molar-refractivity contribution in [1.29, 1.82) is 0 Å². The van der Waals surface area contributed by atoms with Gasteiger partial charge in [0.15, 0.2) is 11.6 Å². The summed E-state index contributed by atoms with van der Waals surface area (Å²) in [7, 11) is 0. The molecule has 2 heterocycles. The van der Waals surface area contributed by atoms with E-state index in [9.17, 15) is 13.6 Å². The molecule has 1 aliphatic heterocycles. The molecule has 0 saturated carbocycles. The summed E-state index contributed by atoms with van der Waals surface area (Å²) in [6, 6.07) is 6.37. The lowest BCUT2D eigenvalue weighted by atomic mass is 9.99. The highest BCUT2D eigenvalue weighted by atomic mass is 19.1. The molecule has 1 amide bonds. The van der Waals surface area contributed by atoms with E-state index in [1.165, 1.54) is 12.3 Å². The van der Waals surface area contributed by atoms with E-state index in [0.717, 1.165) is 12.1 Å². The fourth-order valence-electron chi connectivity index (χ4n) is 2.81. The lowest BCUT2D eigenvalue weighted by Gasteiger charge is -2.14. The van der Waals surface area contributed by atoms with Gasteiger partial charge >= 0.3 is 0 Å². The molecular weight excluding hydrogens is 354 g/mol. The van der Waals surface area contributed by atoms with E-state index < -0.39 is 11.6 Å². The van der Waals surface area contributed by atoms with Crippen LogP contribution in [0.25, 0.3) is 0 Å². The predicted molar refractivity (Wildman–Crippen MR) is 95.8 cm³/mol. The number of halogens is 2. The van der Waals surface area contributed by atoms with E-state index in [0.29, 0.717) is 17.9 Å². The Balaban J connectivity index is 1.63. The van der Waals surface area contributed by atoms with Gasteiger partial charge in [-0.25, -0.2) is 19.2 Å². The van der Waals surface area contributed by atoms with Crippen molar-refractivity contribution in [3.63, 3.8) is 0 Å². The average molecular weight is 376 g/mol. The minimum atomic E-state index is -0.823. The third-order valence-corrected chi connectivity index (χ3v) is 4.46. The van der Waals surface area contributed by atoms with Gasteiger partial charge in [-0.05, 0) is 30.5 Å². The van der Waals surface area contributed by atoms with Crippen molar-refractivity contribution in [2.45, 2.75) is 38.9 Å². The van der Waals surface area contributed by atoms with E-state index in [-0.39, 0.29) is 36.2 Å². The van der Waals surface area contributed by atoms with Crippen LogP contribution in [0.5, 0.6) is 11.6 Å². The first-order valence-electron chi connectivity index (χ1n) is 8.79. The van der Waals surface area contributed by atoms with Crippen LogP contribution in [0.3, 0.4) is 0 Å². The Hall–Kier alpha value is -2.58. The number of hydrazine groups is 1. The molecule has 3 N–H and O–H groups in total. The van der Waals surface area contributed by atoms with Crippen LogP contribution in [0, 0.1) is 17.6 Å². The van der Waals surface area contributed by atoms with E-state index >= 15 is 0 Å². The van der Waals surface area contributed by atoms with E-state index in [1.54, 1.807) is 12.1 Å². The van der Waals surface area contributed by atoms with Crippen molar-refractivity contribution in [2.24, 2.45) is 5.92 Å². The molecule has 0 spiro atoms. The van der Waals surface area contributed by atoms with Gasteiger partial charge in [0.2, 0.25) is 11.8 Å². The summed E-state index contributed by atoms with van der Waals surface area (Å²) in [4.78, 5) is 16.5. The van der Waals surface area contributed by atoms with Crippen molar-refractivity contribution < 1.29 is 18.3 Å². The van der Waals surface area contributed by atoms with Crippen LogP contribution in [0.2, 0.25) is 0 Å². The molecule has 0 bridgehead atoms. The average Bonchev–Trinajstić information content (AvgIpc) is 3.13. The molecular formula is C19H22F2N4O2. The lowest BCUT2D eigenvalue weighted by Crippen LogP contribution is -2.43. The molecule has 1 aromatic carbocycles. The molecule has 3 rings (SSSR count). The van der Waals surface area contributed by atoms with Gasteiger partial charge in [0, 0.05) is 30.4 Å². The number of nitrogens with one attached hydrogen (secondary N) is 3. The first kappa shape index (κ1) is 19.2. The number of rotatable bonds is 6. The smallest absolute Gasteiger partial charge is 0.238 e. The van der Waals surface area contributed by atoms with Gasteiger partial charge in [-0.2, -0.15) is 0 Å². The Morgan fingerprint density at radius 3 is 2.85 bits per heavy atom. The number of hydrogen-bond acceptors (Lipinski definition) is 5. The van der Waals surface area contributed by atoms with Crippen LogP contribution in [0.4, 0.5) is 8.78 Å². The Labute approximate surface area is 156 Å². The molecule has 0 aliphatic carbocycles. The summed E-state index contributed by atoms with van der Waals surface area (Å²) in [5, 5.41) is 2.84. The van der Waals surface area contributed by atoms with Gasteiger partial charge in [0.25, 0.3) is 0 Å². The van der Waals surface area contributed by atoms with Crippen LogP contribution in [0.15, 0.2) is 36.5 Å². The van der Waals surface area contributed by atoms with Gasteiger partial charge in [-0.3, -0.25) is 10.2 Å². The van der Waals surface area contributed by atoms with Crippen LogP contribution < -0.4 is 20.9 Å². The monoisotopic (exact) mass is 376 g/mol. The molecule has 1 aromatic heterocycles. The maximum atomic E-state index is 13.8. The number of nitrogens with zero attached hydrogens (tertiary/aromatic N) is 1. The normalized spacial score (nSPS) is 19.3. The van der Waals surface area contributed by atoms with Crippen molar-refractivity contribution in [1.82, 2.24) is 21.2 Å². The van der Waals surface area contributed by atoms with Crippen LogP contribution in [-0.2, 0) is 11.3 Å². The van der Waals surface area contributed by atoms with Gasteiger partial charge in [0.1, 0.15) is 11.9 Å². The van der Waals surface area contributed by atoms with Crippen molar-refractivity contribution in [2.75, 3.05) is 0 Å². The maximum absolute atomic E-state index is 13.8. The molecule has 2 unspecified atom stereocenters. The van der Waals surface area contributed by atoms with Crippen molar-refractivity contribution in [3.05, 3.63) is 53.7 Å². The highest BCUT2D eigenvalue weighted by molar-refractivity contribution is 5.82. The van der Waals surface area contributed by atoms with E-state index in [1.807, 2.05) is 0 Å². The molecule has 27 heavy (non-hydrogen) atoms. The zero-order chi connectivity index (χ0) is 19.4. The SMILES string of the molecule is CC(C)C1CC(C(=O)NCc2cccnc2Oc2ccc(F)cc2F)NN1. The van der Waals surface area contributed by atoms with Gasteiger partial charge in [0.05, 0.1) is 0 Å². The second-order valence-corrected chi connectivity index (χ2v) is 6.79. The molecule has 8 heteroatoms. The van der Waals surface area contributed by atoms with Crippen LogP contribution >= 0.6 is 0 Å². The summed E-state index contributed by atoms with van der Waals surface area (Å²) in [6.07, 6.45) is 2.19. The number of carbonyl (C=O) groups is 1. The number of amides is 1. The third kappa shape index (κ3) is 4.78. The minimum absolute atomic E-state index is 0.135. The maximum Gasteiger partial charge on any atom is 0.238 e. The van der Waals surface area contributed by atoms with Crippen molar-refractivity contribution >= 4 is 5.91 Å². The molecule has 1 aliphatic rings. The predicted octanol–water partition coefficient (Wildman–Crippen LogP) is 2.66. The molecule has 2 atom stereocenters. The summed E-state index contributed by atoms with van der Waals surface area (Å²) < 4.78 is 32.3. The number of benzene rings is 1. The Morgan fingerprint density at radius 1 is 1.33 bits per heavy atom. The quantitative estimate of drug-likeness (QED) is 0.723. The van der Waals surface area contributed by atoms with E-state index in [4.69, 9.17) is 4.74 Å². The number of aromatic nitrogens is 1. The zero-order valence-corrected chi connectivity index (χ0v) is 15.1. The van der Waals surface area contributed by atoms with E-state index in [2.05, 4.69) is 35.0 Å². The zero-order valence-electron chi connectivity index (χ0n) is 15.1. The Kier molecular flexibility index (Phi) is 5.98. The molecule has 6 nitrogen and oxygen atoms in total. The van der Waals surface area contributed by atoms with Gasteiger partial charge < -0.3 is 10.1 Å². The Morgan fingerprint density at radius 2 is 2.15 bits per heavy atom. The first-order valence-corrected chi connectivity index (χ1v) is 8.79. The fourth-order valence-corrected chi connectivity index (χ4v) is 2.81. The fraction of sp³-hybridized carbons (Fsp3) is 0.368. The second kappa shape index (κ2) is 8.41. The highest BCUT2D eigenvalue weighted by Crippen LogP contribution is 2.26. The molecule has 1 fully saturated rings. The lowest BCUT2D eigenvalue weighted by molar-refractivity contribution is -0.123. The minimum Gasteiger partial charge on any atom is -0.436 e. The topological polar surface area (TPSA) is 75.3 Å². The molecule has 0 radical (unpaired) electrons. The highest BCUT2D eigenvalue weighted by Gasteiger charge is 2.30. The van der Waals surface area contributed by atoms with Crippen LogP contribution in [-0.4, -0.2) is 23.0 Å². The summed E-state index contributed by atoms with van der Waals surface area (Å²) in [5.41, 5.74) is 6.70. The number of ether oxygens (including phenoxy) is 1. The van der Waals surface area contributed by atoms with Gasteiger partial charge in [-0.1, -0.05) is 19.9 Å². The first-order chi connectivity index (χ1) is 12.9. The number of hydrogen-bond donors (Lipinski definition) is 3. The summed E-state index contributed by atoms with van der Waals surface area (Å²) in [5.74, 6) is -1.22. The number of pyridine rings is 1. The van der Waals surface area contributed by atoms with Crippen molar-refractivity contribution in [3.8, 4) is 11.6 Å². The summed E-state index contributed by atoms with van der Waals surface area (Å²) >= 11 is 0. The summed E-state index contributed by atoms with van der Waals surface area (Å²) in [6.45, 7) is 4.36. The third-order valence-electron chi connectivity index (χ3n) is 4.46. The molecule has 144 valence electrons. The molecule has 2 aromatic rings. The van der Waals surface area contributed by atoms with Crippen LogP contribution in [0.1, 0.15) is 25.8 Å². The standard InChI is InChI=1S/C19H22F2N4O2/c1-11(2)15-9-16(25-24-15)18(26)23-10-12-4-3-7-22-19(12)27-17-6-5-13(20)8-14(17)21/h3-8,11,15-16,24-25H,9-10H2,1-2H3,(H,23,26). The second-order valence-electron chi connectivity index (χ2n) is 6.79. The number of carbonyl (C=O) groups excluding carboxylic acids is 1. The Bertz CT molecular complexity index is 816. The largest absolute Gasteiger partial charge is 0.436 e. The molecule has 1 saturated heterocycles. The van der Waals surface area contributed by atoms with Gasteiger partial charge in [-0.15, -0.1) is 0 Å².